The van der Waals surface area contributed by atoms with Crippen molar-refractivity contribution in [3.05, 3.63) is 54.0 Å². The van der Waals surface area contributed by atoms with Crippen LogP contribution in [-0.4, -0.2) is 29.1 Å². The monoisotopic (exact) mass is 369 g/mol. The highest BCUT2D eigenvalue weighted by Crippen LogP contribution is 2.41. The molecule has 27 heavy (non-hydrogen) atoms. The molecule has 1 aliphatic rings. The van der Waals surface area contributed by atoms with Gasteiger partial charge in [-0.25, -0.2) is 8.78 Å². The summed E-state index contributed by atoms with van der Waals surface area (Å²) < 4.78 is 29.5. The second kappa shape index (κ2) is 8.58. The highest BCUT2D eigenvalue weighted by Gasteiger charge is 2.42. The van der Waals surface area contributed by atoms with Crippen molar-refractivity contribution in [1.29, 1.82) is 5.26 Å². The Morgan fingerprint density at radius 2 is 2.11 bits per heavy atom. The molecule has 0 N–H and O–H groups in total. The Morgan fingerprint density at radius 1 is 1.33 bits per heavy atom. The van der Waals surface area contributed by atoms with E-state index in [9.17, 15) is 8.78 Å². The van der Waals surface area contributed by atoms with E-state index in [1.165, 1.54) is 6.07 Å². The van der Waals surface area contributed by atoms with Crippen molar-refractivity contribution in [2.24, 2.45) is 5.41 Å². The SMILES string of the molecule is CCCC1(CC#N)CCN(Cc2cnc(-c3ccccc3)cc2F)CC1F. The Kier molecular flexibility index (Phi) is 6.18. The van der Waals surface area contributed by atoms with Crippen LogP contribution in [0.25, 0.3) is 11.3 Å². The fourth-order valence-electron chi connectivity index (χ4n) is 4.00. The molecule has 2 atom stereocenters. The lowest BCUT2D eigenvalue weighted by atomic mass is 9.71. The predicted octanol–water partition coefficient (Wildman–Crippen LogP) is 5.13. The molecule has 1 saturated heterocycles. The number of halogens is 2. The van der Waals surface area contributed by atoms with Crippen molar-refractivity contribution in [3.63, 3.8) is 0 Å². The zero-order valence-corrected chi connectivity index (χ0v) is 15.7. The van der Waals surface area contributed by atoms with Gasteiger partial charge in [-0.3, -0.25) is 9.88 Å². The number of benzene rings is 1. The van der Waals surface area contributed by atoms with Crippen molar-refractivity contribution in [3.8, 4) is 17.3 Å². The van der Waals surface area contributed by atoms with Gasteiger partial charge in [0.2, 0.25) is 0 Å². The molecule has 0 radical (unpaired) electrons. The minimum atomic E-state index is -1.06. The van der Waals surface area contributed by atoms with Gasteiger partial charge in [0.1, 0.15) is 12.0 Å². The Morgan fingerprint density at radius 3 is 2.74 bits per heavy atom. The molecule has 1 aromatic carbocycles. The van der Waals surface area contributed by atoms with Gasteiger partial charge in [0.25, 0.3) is 0 Å². The molecule has 142 valence electrons. The number of hydrogen-bond acceptors (Lipinski definition) is 3. The molecule has 0 bridgehead atoms. The van der Waals surface area contributed by atoms with Crippen LogP contribution in [-0.2, 0) is 6.54 Å². The Labute approximate surface area is 159 Å². The van der Waals surface area contributed by atoms with E-state index in [2.05, 4.69) is 11.1 Å². The lowest BCUT2D eigenvalue weighted by Gasteiger charge is -2.43. The van der Waals surface area contributed by atoms with Crippen LogP contribution in [0.1, 0.15) is 38.2 Å². The van der Waals surface area contributed by atoms with E-state index in [0.717, 1.165) is 18.4 Å². The predicted molar refractivity (Wildman–Crippen MR) is 102 cm³/mol. The molecular weight excluding hydrogens is 344 g/mol. The summed E-state index contributed by atoms with van der Waals surface area (Å²) in [6, 6.07) is 13.1. The molecule has 0 aliphatic carbocycles. The zero-order chi connectivity index (χ0) is 19.3. The van der Waals surface area contributed by atoms with Crippen LogP contribution in [0.2, 0.25) is 0 Å². The molecular formula is C22H25F2N3. The summed E-state index contributed by atoms with van der Waals surface area (Å²) in [5, 5.41) is 9.10. The largest absolute Gasteiger partial charge is 0.296 e. The smallest absolute Gasteiger partial charge is 0.131 e. The number of alkyl halides is 1. The molecule has 0 spiro atoms. The van der Waals surface area contributed by atoms with Gasteiger partial charge in [0.15, 0.2) is 0 Å². The number of piperidine rings is 1. The molecule has 2 aromatic rings. The van der Waals surface area contributed by atoms with Gasteiger partial charge in [-0.15, -0.1) is 0 Å². The third-order valence-electron chi connectivity index (χ3n) is 5.58. The van der Waals surface area contributed by atoms with E-state index in [1.807, 2.05) is 42.2 Å². The molecule has 1 aromatic heterocycles. The number of rotatable bonds is 6. The number of aromatic nitrogens is 1. The number of nitriles is 1. The molecule has 0 saturated carbocycles. The summed E-state index contributed by atoms with van der Waals surface area (Å²) >= 11 is 0. The maximum Gasteiger partial charge on any atom is 0.131 e. The quantitative estimate of drug-likeness (QED) is 0.708. The lowest BCUT2D eigenvalue weighted by Crippen LogP contribution is -2.48. The van der Waals surface area contributed by atoms with Crippen LogP contribution in [0.4, 0.5) is 8.78 Å². The van der Waals surface area contributed by atoms with Crippen molar-refractivity contribution >= 4 is 0 Å². The zero-order valence-electron chi connectivity index (χ0n) is 15.7. The van der Waals surface area contributed by atoms with Crippen molar-refractivity contribution in [2.45, 2.75) is 45.3 Å². The summed E-state index contributed by atoms with van der Waals surface area (Å²) in [5.41, 5.74) is 1.39. The first kappa shape index (κ1) is 19.4. The van der Waals surface area contributed by atoms with Gasteiger partial charge in [-0.05, 0) is 19.4 Å². The fraction of sp³-hybridized carbons (Fsp3) is 0.455. The third kappa shape index (κ3) is 4.33. The molecule has 2 heterocycles. The van der Waals surface area contributed by atoms with Crippen molar-refractivity contribution in [2.75, 3.05) is 13.1 Å². The lowest BCUT2D eigenvalue weighted by molar-refractivity contribution is -0.000682. The third-order valence-corrected chi connectivity index (χ3v) is 5.58. The molecule has 3 rings (SSSR count). The van der Waals surface area contributed by atoms with Gasteiger partial charge >= 0.3 is 0 Å². The molecule has 2 unspecified atom stereocenters. The van der Waals surface area contributed by atoms with E-state index >= 15 is 0 Å². The number of likely N-dealkylation sites (tertiary alicyclic amines) is 1. The molecule has 5 heteroatoms. The summed E-state index contributed by atoms with van der Waals surface area (Å²) in [6.07, 6.45) is 2.95. The second-order valence-corrected chi connectivity index (χ2v) is 7.43. The van der Waals surface area contributed by atoms with Gasteiger partial charge in [0, 0.05) is 48.3 Å². The van der Waals surface area contributed by atoms with Crippen LogP contribution >= 0.6 is 0 Å². The Hall–Kier alpha value is -2.32. The highest BCUT2D eigenvalue weighted by atomic mass is 19.1. The van der Waals surface area contributed by atoms with E-state index in [-0.39, 0.29) is 18.8 Å². The van der Waals surface area contributed by atoms with Crippen molar-refractivity contribution in [1.82, 2.24) is 9.88 Å². The van der Waals surface area contributed by atoms with E-state index in [1.54, 1.807) is 6.20 Å². The first-order chi connectivity index (χ1) is 13.1. The highest BCUT2D eigenvalue weighted by molar-refractivity contribution is 5.58. The molecule has 1 aliphatic heterocycles. The maximum atomic E-state index is 14.9. The summed E-state index contributed by atoms with van der Waals surface area (Å²) in [6.45, 7) is 3.26. The van der Waals surface area contributed by atoms with E-state index in [0.29, 0.717) is 30.8 Å². The van der Waals surface area contributed by atoms with Crippen LogP contribution in [0.15, 0.2) is 42.6 Å². The minimum Gasteiger partial charge on any atom is -0.296 e. The van der Waals surface area contributed by atoms with Crippen LogP contribution in [0.5, 0.6) is 0 Å². The first-order valence-electron chi connectivity index (χ1n) is 9.51. The Balaban J connectivity index is 1.69. The van der Waals surface area contributed by atoms with E-state index in [4.69, 9.17) is 5.26 Å². The minimum absolute atomic E-state index is 0.238. The van der Waals surface area contributed by atoms with Crippen molar-refractivity contribution < 1.29 is 8.78 Å². The normalized spacial score (nSPS) is 23.1. The van der Waals surface area contributed by atoms with Crippen LogP contribution in [0.3, 0.4) is 0 Å². The standard InChI is InChI=1S/C22H25F2N3/c1-2-8-22(9-11-25)10-12-27(16-21(22)24)15-18-14-26-20(13-19(18)23)17-6-4-3-5-7-17/h3-7,13-14,21H,2,8-10,12,15-16H2,1H3. The second-order valence-electron chi connectivity index (χ2n) is 7.43. The number of hydrogen-bond donors (Lipinski definition) is 0. The summed E-state index contributed by atoms with van der Waals surface area (Å²) in [4.78, 5) is 6.31. The molecule has 1 fully saturated rings. The van der Waals surface area contributed by atoms with Gasteiger partial charge < -0.3 is 0 Å². The first-order valence-corrected chi connectivity index (χ1v) is 9.51. The maximum absolute atomic E-state index is 14.9. The summed E-state index contributed by atoms with van der Waals surface area (Å²) in [5.74, 6) is -0.318. The average molecular weight is 369 g/mol. The van der Waals surface area contributed by atoms with E-state index < -0.39 is 11.6 Å². The fourth-order valence-corrected chi connectivity index (χ4v) is 4.00. The van der Waals surface area contributed by atoms with Crippen LogP contribution < -0.4 is 0 Å². The topological polar surface area (TPSA) is 39.9 Å². The van der Waals surface area contributed by atoms with Gasteiger partial charge in [0.05, 0.1) is 11.8 Å². The number of pyridine rings is 1. The average Bonchev–Trinajstić information content (AvgIpc) is 2.67. The van der Waals surface area contributed by atoms with Crippen LogP contribution in [0, 0.1) is 22.6 Å². The van der Waals surface area contributed by atoms with Gasteiger partial charge in [-0.2, -0.15) is 5.26 Å². The van der Waals surface area contributed by atoms with Gasteiger partial charge in [-0.1, -0.05) is 43.7 Å². The Bertz CT molecular complexity index is 803. The molecule has 0 amide bonds. The molecule has 3 nitrogen and oxygen atoms in total. The summed E-state index contributed by atoms with van der Waals surface area (Å²) in [7, 11) is 0. The number of nitrogens with zero attached hydrogens (tertiary/aromatic N) is 3.